The molecular formula is C15H18FNO2. The van der Waals surface area contributed by atoms with Crippen molar-refractivity contribution in [2.45, 2.75) is 32.4 Å². The molecule has 0 saturated heterocycles. The Morgan fingerprint density at radius 3 is 2.84 bits per heavy atom. The molecular weight excluding hydrogens is 245 g/mol. The number of halogens is 1. The Labute approximate surface area is 112 Å². The Kier molecular flexibility index (Phi) is 4.32. The highest BCUT2D eigenvalue weighted by atomic mass is 19.1. The Balaban J connectivity index is 2.13. The van der Waals surface area contributed by atoms with Gasteiger partial charge in [-0.25, -0.2) is 9.18 Å². The molecule has 0 radical (unpaired) electrons. The summed E-state index contributed by atoms with van der Waals surface area (Å²) in [7, 11) is 0. The molecule has 1 aliphatic rings. The van der Waals surface area contributed by atoms with Gasteiger partial charge >= 0.3 is 5.97 Å². The highest BCUT2D eigenvalue weighted by Gasteiger charge is 2.27. The van der Waals surface area contributed by atoms with Gasteiger partial charge < -0.3 is 5.11 Å². The summed E-state index contributed by atoms with van der Waals surface area (Å²) in [6, 6.07) is 5.55. The number of carbonyl (C=O) groups is 1. The number of carboxylic acid groups (broad SMARTS) is 1. The SMILES string of the molecule is CCN(Cc1ccc(F)c(C=CC(=O)O)c1)C1CC1. The van der Waals surface area contributed by atoms with E-state index in [1.807, 2.05) is 0 Å². The first-order valence-corrected chi connectivity index (χ1v) is 6.53. The third-order valence-corrected chi connectivity index (χ3v) is 3.32. The van der Waals surface area contributed by atoms with Gasteiger partial charge in [-0.3, -0.25) is 4.90 Å². The van der Waals surface area contributed by atoms with Gasteiger partial charge in [0.1, 0.15) is 5.82 Å². The average molecular weight is 263 g/mol. The number of hydrogen-bond donors (Lipinski definition) is 1. The molecule has 1 aliphatic carbocycles. The second-order valence-electron chi connectivity index (χ2n) is 4.82. The van der Waals surface area contributed by atoms with E-state index in [1.165, 1.54) is 25.0 Å². The van der Waals surface area contributed by atoms with Crippen molar-refractivity contribution in [1.82, 2.24) is 4.90 Å². The van der Waals surface area contributed by atoms with Gasteiger partial charge in [-0.1, -0.05) is 13.0 Å². The number of carboxylic acids is 1. The van der Waals surface area contributed by atoms with Crippen LogP contribution in [-0.4, -0.2) is 28.6 Å². The lowest BCUT2D eigenvalue weighted by Crippen LogP contribution is -2.25. The fourth-order valence-corrected chi connectivity index (χ4v) is 2.15. The molecule has 0 spiro atoms. The molecule has 0 unspecified atom stereocenters. The van der Waals surface area contributed by atoms with E-state index in [-0.39, 0.29) is 0 Å². The maximum absolute atomic E-state index is 13.6. The van der Waals surface area contributed by atoms with Crippen molar-refractivity contribution in [3.63, 3.8) is 0 Å². The van der Waals surface area contributed by atoms with Crippen LogP contribution in [0, 0.1) is 5.82 Å². The molecule has 2 rings (SSSR count). The predicted octanol–water partition coefficient (Wildman–Crippen LogP) is 2.91. The van der Waals surface area contributed by atoms with Crippen LogP contribution in [-0.2, 0) is 11.3 Å². The van der Waals surface area contributed by atoms with Gasteiger partial charge in [-0.05, 0) is 43.2 Å². The molecule has 102 valence electrons. The van der Waals surface area contributed by atoms with Gasteiger partial charge in [0.25, 0.3) is 0 Å². The van der Waals surface area contributed by atoms with Gasteiger partial charge in [0.15, 0.2) is 0 Å². The van der Waals surface area contributed by atoms with E-state index in [2.05, 4.69) is 11.8 Å². The Morgan fingerprint density at radius 2 is 2.26 bits per heavy atom. The molecule has 1 fully saturated rings. The van der Waals surface area contributed by atoms with Gasteiger partial charge in [0, 0.05) is 24.2 Å². The van der Waals surface area contributed by atoms with E-state index in [0.29, 0.717) is 11.6 Å². The lowest BCUT2D eigenvalue weighted by molar-refractivity contribution is -0.131. The first-order chi connectivity index (χ1) is 9.10. The molecule has 3 nitrogen and oxygen atoms in total. The topological polar surface area (TPSA) is 40.5 Å². The molecule has 0 heterocycles. The summed E-state index contributed by atoms with van der Waals surface area (Å²) in [6.07, 6.45) is 4.73. The van der Waals surface area contributed by atoms with Crippen molar-refractivity contribution < 1.29 is 14.3 Å². The highest BCUT2D eigenvalue weighted by Crippen LogP contribution is 2.28. The van der Waals surface area contributed by atoms with Crippen molar-refractivity contribution in [2.75, 3.05) is 6.54 Å². The number of benzene rings is 1. The van der Waals surface area contributed by atoms with Crippen LogP contribution in [0.4, 0.5) is 4.39 Å². The third kappa shape index (κ3) is 3.89. The van der Waals surface area contributed by atoms with Crippen LogP contribution in [0.3, 0.4) is 0 Å². The zero-order valence-electron chi connectivity index (χ0n) is 11.0. The summed E-state index contributed by atoms with van der Waals surface area (Å²) in [5.41, 5.74) is 1.34. The number of rotatable bonds is 6. The minimum Gasteiger partial charge on any atom is -0.478 e. The number of hydrogen-bond acceptors (Lipinski definition) is 2. The standard InChI is InChI=1S/C15H18FNO2/c1-2-17(13-5-6-13)10-11-3-7-14(16)12(9-11)4-8-15(18)19/h3-4,7-9,13H,2,5-6,10H2,1H3,(H,18,19). The van der Waals surface area contributed by atoms with Gasteiger partial charge in [0.2, 0.25) is 0 Å². The Morgan fingerprint density at radius 1 is 1.53 bits per heavy atom. The van der Waals surface area contributed by atoms with Crippen LogP contribution in [0.5, 0.6) is 0 Å². The minimum absolute atomic E-state index is 0.326. The normalized spacial score (nSPS) is 15.3. The Hall–Kier alpha value is -1.68. The molecule has 1 N–H and O–H groups in total. The molecule has 0 bridgehead atoms. The smallest absolute Gasteiger partial charge is 0.328 e. The van der Waals surface area contributed by atoms with E-state index in [0.717, 1.165) is 24.7 Å². The summed E-state index contributed by atoms with van der Waals surface area (Å²) in [5.74, 6) is -1.46. The molecule has 0 atom stereocenters. The van der Waals surface area contributed by atoms with E-state index in [1.54, 1.807) is 12.1 Å². The highest BCUT2D eigenvalue weighted by molar-refractivity contribution is 5.85. The number of nitrogens with zero attached hydrogens (tertiary/aromatic N) is 1. The summed E-state index contributed by atoms with van der Waals surface area (Å²) >= 11 is 0. The Bertz CT molecular complexity index is 495. The van der Waals surface area contributed by atoms with Gasteiger partial charge in [-0.2, -0.15) is 0 Å². The van der Waals surface area contributed by atoms with E-state index >= 15 is 0 Å². The zero-order valence-corrected chi connectivity index (χ0v) is 11.0. The fourth-order valence-electron chi connectivity index (χ4n) is 2.15. The van der Waals surface area contributed by atoms with E-state index in [4.69, 9.17) is 5.11 Å². The molecule has 1 aromatic rings. The monoisotopic (exact) mass is 263 g/mol. The quantitative estimate of drug-likeness (QED) is 0.802. The summed E-state index contributed by atoms with van der Waals surface area (Å²) in [6.45, 7) is 3.88. The third-order valence-electron chi connectivity index (χ3n) is 3.32. The summed E-state index contributed by atoms with van der Waals surface area (Å²) in [4.78, 5) is 12.8. The van der Waals surface area contributed by atoms with Crippen LogP contribution in [0.2, 0.25) is 0 Å². The predicted molar refractivity (Wildman–Crippen MR) is 72.2 cm³/mol. The van der Waals surface area contributed by atoms with Crippen molar-refractivity contribution >= 4 is 12.0 Å². The molecule has 0 aliphatic heterocycles. The molecule has 19 heavy (non-hydrogen) atoms. The lowest BCUT2D eigenvalue weighted by atomic mass is 10.1. The molecule has 4 heteroatoms. The fraction of sp³-hybridized carbons (Fsp3) is 0.400. The van der Waals surface area contributed by atoms with Gasteiger partial charge in [-0.15, -0.1) is 0 Å². The van der Waals surface area contributed by atoms with Crippen LogP contribution in [0.15, 0.2) is 24.3 Å². The van der Waals surface area contributed by atoms with Crippen LogP contribution >= 0.6 is 0 Å². The maximum atomic E-state index is 13.6. The van der Waals surface area contributed by atoms with Crippen LogP contribution in [0.1, 0.15) is 30.9 Å². The second kappa shape index (κ2) is 5.97. The molecule has 1 aromatic carbocycles. The van der Waals surface area contributed by atoms with E-state index in [9.17, 15) is 9.18 Å². The second-order valence-corrected chi connectivity index (χ2v) is 4.82. The number of aliphatic carboxylic acids is 1. The molecule has 0 amide bonds. The van der Waals surface area contributed by atoms with Crippen molar-refractivity contribution in [2.24, 2.45) is 0 Å². The van der Waals surface area contributed by atoms with Gasteiger partial charge in [0.05, 0.1) is 0 Å². The van der Waals surface area contributed by atoms with E-state index < -0.39 is 11.8 Å². The lowest BCUT2D eigenvalue weighted by Gasteiger charge is -2.20. The van der Waals surface area contributed by atoms with Crippen molar-refractivity contribution in [3.05, 3.63) is 41.2 Å². The zero-order chi connectivity index (χ0) is 13.8. The molecule has 0 aromatic heterocycles. The first-order valence-electron chi connectivity index (χ1n) is 6.53. The first kappa shape index (κ1) is 13.7. The van der Waals surface area contributed by atoms with Crippen LogP contribution < -0.4 is 0 Å². The van der Waals surface area contributed by atoms with Crippen molar-refractivity contribution in [3.8, 4) is 0 Å². The maximum Gasteiger partial charge on any atom is 0.328 e. The molecule has 1 saturated carbocycles. The van der Waals surface area contributed by atoms with Crippen LogP contribution in [0.25, 0.3) is 6.08 Å². The largest absolute Gasteiger partial charge is 0.478 e. The minimum atomic E-state index is -1.07. The van der Waals surface area contributed by atoms with Crippen molar-refractivity contribution in [1.29, 1.82) is 0 Å². The average Bonchev–Trinajstić information content (AvgIpc) is 3.20. The summed E-state index contributed by atoms with van der Waals surface area (Å²) < 4.78 is 13.6. The summed E-state index contributed by atoms with van der Waals surface area (Å²) in [5, 5.41) is 8.58.